The van der Waals surface area contributed by atoms with Gasteiger partial charge in [0, 0.05) is 22.6 Å². The van der Waals surface area contributed by atoms with E-state index in [0.29, 0.717) is 12.8 Å². The summed E-state index contributed by atoms with van der Waals surface area (Å²) in [6.45, 7) is 4.15. The standard InChI is InChI=1S/C24H25FO2S/c1-15-3-4-18(23-14-21(26)11-16(2)27-23)12-19(15)13-22-9-10-24(28-22)17-5-7-20(25)8-6-17/h3-10,12,16,21,23,26H,11,13-14H2,1-2H3. The van der Waals surface area contributed by atoms with Gasteiger partial charge in [-0.05, 0) is 66.8 Å². The van der Waals surface area contributed by atoms with Gasteiger partial charge in [0.25, 0.3) is 0 Å². The predicted octanol–water partition coefficient (Wildman–Crippen LogP) is 6.05. The first kappa shape index (κ1) is 19.3. The van der Waals surface area contributed by atoms with Crippen molar-refractivity contribution >= 4 is 11.3 Å². The Balaban J connectivity index is 1.54. The molecule has 4 heteroatoms. The second-order valence-corrected chi connectivity index (χ2v) is 8.86. The van der Waals surface area contributed by atoms with Crippen LogP contribution in [-0.4, -0.2) is 17.3 Å². The molecule has 0 aliphatic carbocycles. The highest BCUT2D eigenvalue weighted by Crippen LogP contribution is 2.34. The van der Waals surface area contributed by atoms with Gasteiger partial charge in [0.2, 0.25) is 0 Å². The van der Waals surface area contributed by atoms with Crippen molar-refractivity contribution in [1.82, 2.24) is 0 Å². The average molecular weight is 397 g/mol. The van der Waals surface area contributed by atoms with E-state index in [1.165, 1.54) is 28.1 Å². The van der Waals surface area contributed by atoms with Crippen molar-refractivity contribution in [2.75, 3.05) is 0 Å². The van der Waals surface area contributed by atoms with Gasteiger partial charge in [0.05, 0.1) is 18.3 Å². The van der Waals surface area contributed by atoms with Crippen LogP contribution in [0, 0.1) is 12.7 Å². The number of halogens is 1. The minimum atomic E-state index is -0.297. The van der Waals surface area contributed by atoms with Gasteiger partial charge < -0.3 is 9.84 Å². The summed E-state index contributed by atoms with van der Waals surface area (Å²) in [7, 11) is 0. The molecule has 1 aliphatic heterocycles. The summed E-state index contributed by atoms with van der Waals surface area (Å²) in [5.41, 5.74) is 4.72. The maximum atomic E-state index is 13.2. The van der Waals surface area contributed by atoms with E-state index in [9.17, 15) is 9.50 Å². The lowest BCUT2D eigenvalue weighted by Crippen LogP contribution is -2.29. The molecule has 0 radical (unpaired) electrons. The van der Waals surface area contributed by atoms with Gasteiger partial charge >= 0.3 is 0 Å². The Morgan fingerprint density at radius 1 is 1.07 bits per heavy atom. The number of aliphatic hydroxyl groups excluding tert-OH is 1. The van der Waals surface area contributed by atoms with E-state index in [1.54, 1.807) is 11.3 Å². The zero-order chi connectivity index (χ0) is 19.7. The topological polar surface area (TPSA) is 29.5 Å². The Labute approximate surface area is 169 Å². The average Bonchev–Trinajstić information content (AvgIpc) is 3.12. The van der Waals surface area contributed by atoms with E-state index in [-0.39, 0.29) is 24.1 Å². The van der Waals surface area contributed by atoms with Gasteiger partial charge in [0.1, 0.15) is 5.82 Å². The molecule has 0 spiro atoms. The molecule has 0 bridgehead atoms. The smallest absolute Gasteiger partial charge is 0.123 e. The molecule has 1 aromatic heterocycles. The van der Waals surface area contributed by atoms with E-state index in [1.807, 2.05) is 19.1 Å². The summed E-state index contributed by atoms with van der Waals surface area (Å²) in [6.07, 6.45) is 1.95. The fourth-order valence-corrected chi connectivity index (χ4v) is 4.88. The highest BCUT2D eigenvalue weighted by Gasteiger charge is 2.27. The first-order chi connectivity index (χ1) is 13.5. The highest BCUT2D eigenvalue weighted by molar-refractivity contribution is 7.15. The number of aryl methyl sites for hydroxylation is 1. The lowest BCUT2D eigenvalue weighted by molar-refractivity contribution is -0.0895. The van der Waals surface area contributed by atoms with Gasteiger partial charge in [-0.25, -0.2) is 4.39 Å². The van der Waals surface area contributed by atoms with Crippen LogP contribution in [0.2, 0.25) is 0 Å². The Kier molecular flexibility index (Phi) is 5.63. The van der Waals surface area contributed by atoms with Crippen LogP contribution in [-0.2, 0) is 11.2 Å². The summed E-state index contributed by atoms with van der Waals surface area (Å²) in [5, 5.41) is 10.1. The molecule has 1 fully saturated rings. The summed E-state index contributed by atoms with van der Waals surface area (Å²) in [6, 6.07) is 17.4. The van der Waals surface area contributed by atoms with E-state index < -0.39 is 0 Å². The Morgan fingerprint density at radius 3 is 2.61 bits per heavy atom. The molecule has 0 saturated carbocycles. The zero-order valence-corrected chi connectivity index (χ0v) is 17.0. The Hall–Kier alpha value is -2.01. The Bertz CT molecular complexity index is 937. The molecule has 3 unspecified atom stereocenters. The second kappa shape index (κ2) is 8.16. The normalized spacial score (nSPS) is 22.4. The third-order valence-electron chi connectivity index (χ3n) is 5.39. The number of thiophene rings is 1. The Morgan fingerprint density at radius 2 is 1.86 bits per heavy atom. The molecule has 0 amide bonds. The van der Waals surface area contributed by atoms with E-state index in [2.05, 4.69) is 37.3 Å². The molecule has 2 heterocycles. The van der Waals surface area contributed by atoms with Crippen molar-refractivity contribution in [3.8, 4) is 10.4 Å². The number of hydrogen-bond acceptors (Lipinski definition) is 3. The largest absolute Gasteiger partial charge is 0.393 e. The predicted molar refractivity (Wildman–Crippen MR) is 112 cm³/mol. The summed E-state index contributed by atoms with van der Waals surface area (Å²) >= 11 is 1.74. The fourth-order valence-electron chi connectivity index (χ4n) is 3.84. The molecule has 1 aliphatic rings. The highest BCUT2D eigenvalue weighted by atomic mass is 32.1. The van der Waals surface area contributed by atoms with Crippen molar-refractivity contribution in [2.24, 2.45) is 0 Å². The van der Waals surface area contributed by atoms with Crippen molar-refractivity contribution in [3.05, 3.63) is 82.0 Å². The van der Waals surface area contributed by atoms with Crippen molar-refractivity contribution in [1.29, 1.82) is 0 Å². The van der Waals surface area contributed by atoms with Crippen LogP contribution in [0.3, 0.4) is 0 Å². The van der Waals surface area contributed by atoms with Crippen LogP contribution < -0.4 is 0 Å². The number of hydrogen-bond donors (Lipinski definition) is 1. The van der Waals surface area contributed by atoms with Gasteiger partial charge in [-0.2, -0.15) is 0 Å². The maximum Gasteiger partial charge on any atom is 0.123 e. The lowest BCUT2D eigenvalue weighted by atomic mass is 9.93. The van der Waals surface area contributed by atoms with E-state index in [4.69, 9.17) is 4.74 Å². The maximum absolute atomic E-state index is 13.2. The van der Waals surface area contributed by atoms with Gasteiger partial charge in [-0.1, -0.05) is 30.3 Å². The zero-order valence-electron chi connectivity index (χ0n) is 16.2. The minimum Gasteiger partial charge on any atom is -0.393 e. The number of aliphatic hydroxyl groups is 1. The summed E-state index contributed by atoms with van der Waals surface area (Å²) in [5.74, 6) is -0.211. The van der Waals surface area contributed by atoms with Crippen molar-refractivity contribution in [2.45, 2.75) is 51.4 Å². The number of benzene rings is 2. The molecule has 1 N–H and O–H groups in total. The molecule has 28 heavy (non-hydrogen) atoms. The van der Waals surface area contributed by atoms with E-state index >= 15 is 0 Å². The van der Waals surface area contributed by atoms with Crippen LogP contribution >= 0.6 is 11.3 Å². The molecule has 4 rings (SSSR count). The van der Waals surface area contributed by atoms with Crippen LogP contribution in [0.15, 0.2) is 54.6 Å². The third-order valence-corrected chi connectivity index (χ3v) is 6.52. The lowest BCUT2D eigenvalue weighted by Gasteiger charge is -2.32. The minimum absolute atomic E-state index is 0.0452. The SMILES string of the molecule is Cc1ccc(C2CC(O)CC(C)O2)cc1Cc1ccc(-c2ccc(F)cc2)s1. The number of rotatable bonds is 4. The van der Waals surface area contributed by atoms with Crippen LogP contribution in [0.25, 0.3) is 10.4 Å². The van der Waals surface area contributed by atoms with Crippen LogP contribution in [0.4, 0.5) is 4.39 Å². The molecule has 3 aromatic rings. The first-order valence-corrected chi connectivity index (χ1v) is 10.6. The first-order valence-electron chi connectivity index (χ1n) is 9.75. The molecule has 2 aromatic carbocycles. The van der Waals surface area contributed by atoms with Crippen molar-refractivity contribution in [3.63, 3.8) is 0 Å². The van der Waals surface area contributed by atoms with Gasteiger partial charge in [-0.3, -0.25) is 0 Å². The van der Waals surface area contributed by atoms with Crippen LogP contribution in [0.1, 0.15) is 47.4 Å². The van der Waals surface area contributed by atoms with Crippen molar-refractivity contribution < 1.29 is 14.2 Å². The third kappa shape index (κ3) is 4.35. The number of ether oxygens (including phenoxy) is 1. The molecule has 146 valence electrons. The molecular weight excluding hydrogens is 371 g/mol. The second-order valence-electron chi connectivity index (χ2n) is 7.70. The molecule has 1 saturated heterocycles. The van der Waals surface area contributed by atoms with Crippen LogP contribution in [0.5, 0.6) is 0 Å². The van der Waals surface area contributed by atoms with Gasteiger partial charge in [-0.15, -0.1) is 11.3 Å². The van der Waals surface area contributed by atoms with Gasteiger partial charge in [0.15, 0.2) is 0 Å². The fraction of sp³-hybridized carbons (Fsp3) is 0.333. The quantitative estimate of drug-likeness (QED) is 0.581. The molecule has 2 nitrogen and oxygen atoms in total. The summed E-state index contributed by atoms with van der Waals surface area (Å²) in [4.78, 5) is 2.42. The molecule has 3 atom stereocenters. The molecular formula is C24H25FO2S. The monoisotopic (exact) mass is 396 g/mol. The van der Waals surface area contributed by atoms with E-state index in [0.717, 1.165) is 22.4 Å². The summed E-state index contributed by atoms with van der Waals surface area (Å²) < 4.78 is 19.2.